The van der Waals surface area contributed by atoms with Gasteiger partial charge in [0.25, 0.3) is 0 Å². The van der Waals surface area contributed by atoms with E-state index in [9.17, 15) is 10.2 Å². The number of benzene rings is 3. The van der Waals surface area contributed by atoms with Gasteiger partial charge in [-0.05, 0) is 28.8 Å². The van der Waals surface area contributed by atoms with Gasteiger partial charge in [0.15, 0.2) is 0 Å². The molecule has 0 bridgehead atoms. The van der Waals surface area contributed by atoms with Gasteiger partial charge in [0.1, 0.15) is 30.8 Å². The summed E-state index contributed by atoms with van der Waals surface area (Å²) in [6, 6.07) is 24.9. The summed E-state index contributed by atoms with van der Waals surface area (Å²) in [5.41, 5.74) is 2.65. The largest absolute Gasteiger partial charge is 0.489 e. The molecule has 0 amide bonds. The second-order valence-corrected chi connectivity index (χ2v) is 5.98. The fraction of sp³-hybridized carbons (Fsp3) is 0.182. The standard InChI is InChI=1S/C22H22O4/c23-14-22(24)19-11-20(25-15-17-7-3-1-4-8-17)13-21(12-19)26-16-18-9-5-2-6-10-18/h1-13,22-24H,14-16H2. The molecule has 26 heavy (non-hydrogen) atoms. The fourth-order valence-corrected chi connectivity index (χ4v) is 2.54. The summed E-state index contributed by atoms with van der Waals surface area (Å²) >= 11 is 0. The SMILES string of the molecule is OCC(O)c1cc(OCc2ccccc2)cc(OCc2ccccc2)c1. The van der Waals surface area contributed by atoms with Crippen molar-refractivity contribution in [2.75, 3.05) is 6.61 Å². The average Bonchev–Trinajstić information content (AvgIpc) is 2.71. The highest BCUT2D eigenvalue weighted by Gasteiger charge is 2.11. The van der Waals surface area contributed by atoms with Crippen LogP contribution in [-0.4, -0.2) is 16.8 Å². The van der Waals surface area contributed by atoms with Gasteiger partial charge < -0.3 is 19.7 Å². The molecule has 0 heterocycles. The molecule has 1 unspecified atom stereocenters. The molecule has 4 heteroatoms. The number of hydrogen-bond donors (Lipinski definition) is 2. The van der Waals surface area contributed by atoms with Gasteiger partial charge in [-0.2, -0.15) is 0 Å². The summed E-state index contributed by atoms with van der Waals surface area (Å²) in [5, 5.41) is 19.2. The molecule has 0 spiro atoms. The summed E-state index contributed by atoms with van der Waals surface area (Å²) in [6.45, 7) is 0.468. The van der Waals surface area contributed by atoms with E-state index in [2.05, 4.69) is 0 Å². The van der Waals surface area contributed by atoms with Crippen molar-refractivity contribution < 1.29 is 19.7 Å². The van der Waals surface area contributed by atoms with Crippen LogP contribution in [0, 0.1) is 0 Å². The highest BCUT2D eigenvalue weighted by atomic mass is 16.5. The molecule has 3 aromatic rings. The van der Waals surface area contributed by atoms with E-state index in [1.165, 1.54) is 0 Å². The van der Waals surface area contributed by atoms with E-state index in [4.69, 9.17) is 9.47 Å². The molecule has 0 aliphatic rings. The molecule has 0 saturated carbocycles. The minimum absolute atomic E-state index is 0.361. The third kappa shape index (κ3) is 5.09. The molecule has 3 aromatic carbocycles. The van der Waals surface area contributed by atoms with Crippen LogP contribution in [0.2, 0.25) is 0 Å². The van der Waals surface area contributed by atoms with Crippen molar-refractivity contribution in [2.45, 2.75) is 19.3 Å². The maximum atomic E-state index is 9.99. The number of aliphatic hydroxyl groups is 2. The Bertz CT molecular complexity index is 741. The zero-order valence-electron chi connectivity index (χ0n) is 14.4. The van der Waals surface area contributed by atoms with Crippen molar-refractivity contribution in [2.24, 2.45) is 0 Å². The van der Waals surface area contributed by atoms with Gasteiger partial charge in [-0.25, -0.2) is 0 Å². The van der Waals surface area contributed by atoms with Crippen molar-refractivity contribution in [3.63, 3.8) is 0 Å². The lowest BCUT2D eigenvalue weighted by Crippen LogP contribution is -2.05. The Morgan fingerprint density at radius 1 is 0.692 bits per heavy atom. The Hall–Kier alpha value is -2.82. The number of aliphatic hydroxyl groups excluding tert-OH is 2. The third-order valence-electron chi connectivity index (χ3n) is 3.96. The lowest BCUT2D eigenvalue weighted by atomic mass is 10.1. The van der Waals surface area contributed by atoms with Gasteiger partial charge in [-0.1, -0.05) is 60.7 Å². The van der Waals surface area contributed by atoms with Gasteiger partial charge in [0.2, 0.25) is 0 Å². The predicted octanol–water partition coefficient (Wildman–Crippen LogP) is 3.87. The Morgan fingerprint density at radius 3 is 1.58 bits per heavy atom. The molecule has 1 atom stereocenters. The molecule has 3 rings (SSSR count). The first-order valence-electron chi connectivity index (χ1n) is 8.52. The summed E-state index contributed by atoms with van der Waals surface area (Å²) in [6.07, 6.45) is -0.977. The highest BCUT2D eigenvalue weighted by Crippen LogP contribution is 2.28. The van der Waals surface area contributed by atoms with Crippen molar-refractivity contribution in [1.29, 1.82) is 0 Å². The quantitative estimate of drug-likeness (QED) is 0.647. The maximum Gasteiger partial charge on any atom is 0.123 e. The molecular weight excluding hydrogens is 328 g/mol. The van der Waals surface area contributed by atoms with E-state index in [0.29, 0.717) is 30.3 Å². The van der Waals surface area contributed by atoms with E-state index in [1.807, 2.05) is 60.7 Å². The predicted molar refractivity (Wildman–Crippen MR) is 100 cm³/mol. The molecule has 2 N–H and O–H groups in total. The monoisotopic (exact) mass is 350 g/mol. The Kier molecular flexibility index (Phi) is 6.25. The topological polar surface area (TPSA) is 58.9 Å². The second-order valence-electron chi connectivity index (χ2n) is 5.98. The van der Waals surface area contributed by atoms with Crippen LogP contribution in [0.5, 0.6) is 11.5 Å². The first-order valence-corrected chi connectivity index (χ1v) is 8.52. The third-order valence-corrected chi connectivity index (χ3v) is 3.96. The molecule has 0 aliphatic carbocycles. The Balaban J connectivity index is 1.74. The highest BCUT2D eigenvalue weighted by molar-refractivity contribution is 5.40. The van der Waals surface area contributed by atoms with Gasteiger partial charge >= 0.3 is 0 Å². The second kappa shape index (κ2) is 9.04. The molecule has 0 aromatic heterocycles. The maximum absolute atomic E-state index is 9.99. The number of rotatable bonds is 8. The molecule has 0 saturated heterocycles. The number of hydrogen-bond acceptors (Lipinski definition) is 4. The molecule has 134 valence electrons. The van der Waals surface area contributed by atoms with Gasteiger partial charge in [-0.15, -0.1) is 0 Å². The van der Waals surface area contributed by atoms with Crippen LogP contribution in [0.15, 0.2) is 78.9 Å². The first-order chi connectivity index (χ1) is 12.7. The molecule has 0 radical (unpaired) electrons. The lowest BCUT2D eigenvalue weighted by molar-refractivity contribution is 0.0950. The zero-order valence-corrected chi connectivity index (χ0v) is 14.4. The fourth-order valence-electron chi connectivity index (χ4n) is 2.54. The lowest BCUT2D eigenvalue weighted by Gasteiger charge is -2.15. The van der Waals surface area contributed by atoms with Gasteiger partial charge in [-0.3, -0.25) is 0 Å². The summed E-state index contributed by atoms with van der Waals surface area (Å²) in [7, 11) is 0. The smallest absolute Gasteiger partial charge is 0.123 e. The van der Waals surface area contributed by atoms with Crippen molar-refractivity contribution in [1.82, 2.24) is 0 Å². The van der Waals surface area contributed by atoms with Crippen LogP contribution in [0.25, 0.3) is 0 Å². The summed E-state index contributed by atoms with van der Waals surface area (Å²) < 4.78 is 11.7. The van der Waals surface area contributed by atoms with Crippen LogP contribution in [-0.2, 0) is 13.2 Å². The Morgan fingerprint density at radius 2 is 1.15 bits per heavy atom. The van der Waals surface area contributed by atoms with Crippen molar-refractivity contribution in [3.05, 3.63) is 95.6 Å². The van der Waals surface area contributed by atoms with E-state index in [0.717, 1.165) is 11.1 Å². The van der Waals surface area contributed by atoms with Crippen LogP contribution in [0.1, 0.15) is 22.8 Å². The van der Waals surface area contributed by atoms with Crippen molar-refractivity contribution in [3.8, 4) is 11.5 Å². The average molecular weight is 350 g/mol. The normalized spacial score (nSPS) is 11.8. The van der Waals surface area contributed by atoms with Crippen LogP contribution < -0.4 is 9.47 Å². The van der Waals surface area contributed by atoms with E-state index in [-0.39, 0.29) is 6.61 Å². The van der Waals surface area contributed by atoms with Crippen LogP contribution in [0.3, 0.4) is 0 Å². The van der Waals surface area contributed by atoms with E-state index in [1.54, 1.807) is 18.2 Å². The van der Waals surface area contributed by atoms with Crippen molar-refractivity contribution >= 4 is 0 Å². The summed E-state index contributed by atoms with van der Waals surface area (Å²) in [4.78, 5) is 0. The minimum atomic E-state index is -0.977. The Labute approximate surface area is 153 Å². The molecule has 0 fully saturated rings. The van der Waals surface area contributed by atoms with Crippen LogP contribution in [0.4, 0.5) is 0 Å². The summed E-state index contributed by atoms with van der Waals surface area (Å²) in [5.74, 6) is 1.17. The zero-order chi connectivity index (χ0) is 18.2. The first kappa shape index (κ1) is 18.0. The molecule has 0 aliphatic heterocycles. The van der Waals surface area contributed by atoms with Gasteiger partial charge in [0.05, 0.1) is 6.61 Å². The number of ether oxygens (including phenoxy) is 2. The van der Waals surface area contributed by atoms with Crippen LogP contribution >= 0.6 is 0 Å². The molecular formula is C22H22O4. The van der Waals surface area contributed by atoms with E-state index < -0.39 is 6.10 Å². The minimum Gasteiger partial charge on any atom is -0.489 e. The van der Waals surface area contributed by atoms with Gasteiger partial charge in [0, 0.05) is 6.07 Å². The van der Waals surface area contributed by atoms with E-state index >= 15 is 0 Å². The molecule has 4 nitrogen and oxygen atoms in total.